The van der Waals surface area contributed by atoms with Gasteiger partial charge in [0.05, 0.1) is 26.2 Å². The number of ether oxygens (including phenoxy) is 2. The summed E-state index contributed by atoms with van der Waals surface area (Å²) in [5.41, 5.74) is 0. The van der Waals surface area contributed by atoms with Gasteiger partial charge in [0.2, 0.25) is 11.8 Å². The van der Waals surface area contributed by atoms with E-state index in [9.17, 15) is 9.59 Å². The lowest BCUT2D eigenvalue weighted by Crippen LogP contribution is -2.46. The van der Waals surface area contributed by atoms with Crippen molar-refractivity contribution >= 4 is 11.9 Å². The van der Waals surface area contributed by atoms with Gasteiger partial charge in [0.15, 0.2) is 5.82 Å². The highest BCUT2D eigenvalue weighted by Gasteiger charge is 2.26. The number of morpholine rings is 1. The van der Waals surface area contributed by atoms with Gasteiger partial charge in [-0.15, -0.1) is 0 Å². The largest absolute Gasteiger partial charge is 0.469 e. The van der Waals surface area contributed by atoms with E-state index in [0.29, 0.717) is 44.3 Å². The maximum absolute atomic E-state index is 12.1. The van der Waals surface area contributed by atoms with Crippen LogP contribution >= 0.6 is 0 Å². The van der Waals surface area contributed by atoms with E-state index >= 15 is 0 Å². The van der Waals surface area contributed by atoms with Crippen LogP contribution < -0.4 is 0 Å². The second-order valence-corrected chi connectivity index (χ2v) is 4.85. The molecule has 1 unspecified atom stereocenters. The highest BCUT2D eigenvalue weighted by atomic mass is 16.5. The Bertz CT molecular complexity index is 502. The van der Waals surface area contributed by atoms with Crippen LogP contribution in [0.4, 0.5) is 0 Å². The van der Waals surface area contributed by atoms with Crippen LogP contribution in [0, 0.1) is 6.92 Å². The van der Waals surface area contributed by atoms with E-state index in [0.717, 1.165) is 0 Å². The van der Waals surface area contributed by atoms with Crippen LogP contribution in [0.15, 0.2) is 4.52 Å². The summed E-state index contributed by atoms with van der Waals surface area (Å²) in [4.78, 5) is 29.1. The minimum Gasteiger partial charge on any atom is -0.469 e. The Morgan fingerprint density at radius 1 is 1.48 bits per heavy atom. The van der Waals surface area contributed by atoms with Crippen LogP contribution in [0.3, 0.4) is 0 Å². The molecule has 0 radical (unpaired) electrons. The Morgan fingerprint density at radius 2 is 2.29 bits per heavy atom. The molecule has 116 valence electrons. The number of carbonyl (C=O) groups excluding carboxylic acids is 2. The molecular weight excluding hydrogens is 278 g/mol. The summed E-state index contributed by atoms with van der Waals surface area (Å²) in [7, 11) is 1.33. The Labute approximate surface area is 122 Å². The Kier molecular flexibility index (Phi) is 5.26. The molecule has 2 rings (SSSR count). The normalized spacial score (nSPS) is 18.6. The number of hydrogen-bond acceptors (Lipinski definition) is 7. The first-order valence-corrected chi connectivity index (χ1v) is 6.84. The fraction of sp³-hybridized carbons (Fsp3) is 0.692. The molecule has 0 spiro atoms. The first-order chi connectivity index (χ1) is 10.1. The van der Waals surface area contributed by atoms with Crippen molar-refractivity contribution in [2.75, 3.05) is 26.8 Å². The van der Waals surface area contributed by atoms with Crippen molar-refractivity contribution in [3.63, 3.8) is 0 Å². The number of hydrogen-bond donors (Lipinski definition) is 0. The average molecular weight is 297 g/mol. The third kappa shape index (κ3) is 4.52. The van der Waals surface area contributed by atoms with E-state index in [1.807, 2.05) is 0 Å². The molecule has 1 aromatic heterocycles. The summed E-state index contributed by atoms with van der Waals surface area (Å²) in [6.45, 7) is 3.08. The maximum atomic E-state index is 12.1. The minimum absolute atomic E-state index is 0.0102. The molecule has 1 fully saturated rings. The predicted octanol–water partition coefficient (Wildman–Crippen LogP) is 0.101. The lowest BCUT2D eigenvalue weighted by molar-refractivity contribution is -0.150. The van der Waals surface area contributed by atoms with E-state index in [2.05, 4.69) is 14.9 Å². The van der Waals surface area contributed by atoms with Gasteiger partial charge in [-0.2, -0.15) is 4.98 Å². The van der Waals surface area contributed by atoms with Crippen LogP contribution in [-0.2, 0) is 25.5 Å². The van der Waals surface area contributed by atoms with Gasteiger partial charge in [0.1, 0.15) is 0 Å². The number of carbonyl (C=O) groups is 2. The van der Waals surface area contributed by atoms with Crippen molar-refractivity contribution in [1.82, 2.24) is 15.0 Å². The molecule has 2 heterocycles. The fourth-order valence-electron chi connectivity index (χ4n) is 2.15. The molecular formula is C13H19N3O5. The first kappa shape index (κ1) is 15.4. The van der Waals surface area contributed by atoms with Gasteiger partial charge in [-0.1, -0.05) is 5.16 Å². The van der Waals surface area contributed by atoms with Crippen LogP contribution in [-0.4, -0.2) is 59.8 Å². The number of aromatic nitrogens is 2. The molecule has 0 aromatic carbocycles. The summed E-state index contributed by atoms with van der Waals surface area (Å²) < 4.78 is 15.0. The topological polar surface area (TPSA) is 94.8 Å². The van der Waals surface area contributed by atoms with Crippen molar-refractivity contribution in [3.8, 4) is 0 Å². The number of esters is 1. The van der Waals surface area contributed by atoms with Crippen LogP contribution in [0.5, 0.6) is 0 Å². The van der Waals surface area contributed by atoms with Gasteiger partial charge in [-0.25, -0.2) is 0 Å². The SMILES string of the molecule is COC(=O)CC1CN(C(=O)CCc2nc(C)no2)CCO1. The van der Waals surface area contributed by atoms with Crippen LogP contribution in [0.1, 0.15) is 24.6 Å². The molecule has 1 amide bonds. The zero-order valence-electron chi connectivity index (χ0n) is 12.2. The van der Waals surface area contributed by atoms with Crippen molar-refractivity contribution < 1.29 is 23.6 Å². The molecule has 0 bridgehead atoms. The molecule has 8 heteroatoms. The number of amides is 1. The molecule has 1 aliphatic heterocycles. The van der Waals surface area contributed by atoms with E-state index in [1.54, 1.807) is 11.8 Å². The van der Waals surface area contributed by atoms with Crippen molar-refractivity contribution in [2.24, 2.45) is 0 Å². The molecule has 1 aromatic rings. The standard InChI is InChI=1S/C13H19N3O5/c1-9-14-11(21-15-9)3-4-12(17)16-5-6-20-10(8-16)7-13(18)19-2/h10H,3-8H2,1-2H3. The second kappa shape index (κ2) is 7.16. The Hall–Kier alpha value is -1.96. The van der Waals surface area contributed by atoms with Gasteiger partial charge >= 0.3 is 5.97 Å². The van der Waals surface area contributed by atoms with E-state index in [4.69, 9.17) is 9.26 Å². The second-order valence-electron chi connectivity index (χ2n) is 4.85. The first-order valence-electron chi connectivity index (χ1n) is 6.84. The Morgan fingerprint density at radius 3 is 2.95 bits per heavy atom. The fourth-order valence-corrected chi connectivity index (χ4v) is 2.15. The number of aryl methyl sites for hydroxylation is 2. The molecule has 0 saturated carbocycles. The summed E-state index contributed by atoms with van der Waals surface area (Å²) >= 11 is 0. The molecule has 0 N–H and O–H groups in total. The van der Waals surface area contributed by atoms with Crippen molar-refractivity contribution in [2.45, 2.75) is 32.3 Å². The van der Waals surface area contributed by atoms with Gasteiger partial charge in [-0.3, -0.25) is 9.59 Å². The van der Waals surface area contributed by atoms with Gasteiger partial charge < -0.3 is 18.9 Å². The molecule has 8 nitrogen and oxygen atoms in total. The van der Waals surface area contributed by atoms with Crippen molar-refractivity contribution in [3.05, 3.63) is 11.7 Å². The molecule has 1 atom stereocenters. The van der Waals surface area contributed by atoms with E-state index in [1.165, 1.54) is 7.11 Å². The number of methoxy groups -OCH3 is 1. The third-order valence-corrected chi connectivity index (χ3v) is 3.24. The summed E-state index contributed by atoms with van der Waals surface area (Å²) in [6.07, 6.45) is 0.565. The van der Waals surface area contributed by atoms with E-state index < -0.39 is 0 Å². The lowest BCUT2D eigenvalue weighted by atomic mass is 10.2. The zero-order valence-corrected chi connectivity index (χ0v) is 12.2. The monoisotopic (exact) mass is 297 g/mol. The quantitative estimate of drug-likeness (QED) is 0.711. The highest BCUT2D eigenvalue weighted by molar-refractivity contribution is 5.76. The summed E-state index contributed by atoms with van der Waals surface area (Å²) in [6, 6.07) is 0. The molecule has 1 aliphatic rings. The number of rotatable bonds is 5. The van der Waals surface area contributed by atoms with Crippen LogP contribution in [0.2, 0.25) is 0 Å². The number of nitrogens with zero attached hydrogens (tertiary/aromatic N) is 3. The summed E-state index contributed by atoms with van der Waals surface area (Å²) in [5, 5.41) is 3.68. The predicted molar refractivity (Wildman–Crippen MR) is 70.3 cm³/mol. The van der Waals surface area contributed by atoms with Gasteiger partial charge in [0.25, 0.3) is 0 Å². The zero-order chi connectivity index (χ0) is 15.2. The molecule has 0 aliphatic carbocycles. The average Bonchev–Trinajstić information content (AvgIpc) is 2.90. The Balaban J connectivity index is 1.80. The van der Waals surface area contributed by atoms with Gasteiger partial charge in [0, 0.05) is 25.9 Å². The summed E-state index contributed by atoms with van der Waals surface area (Å²) in [5.74, 6) is 0.668. The molecule has 21 heavy (non-hydrogen) atoms. The lowest BCUT2D eigenvalue weighted by Gasteiger charge is -2.32. The van der Waals surface area contributed by atoms with Gasteiger partial charge in [-0.05, 0) is 6.92 Å². The minimum atomic E-state index is -0.337. The maximum Gasteiger partial charge on any atom is 0.308 e. The third-order valence-electron chi connectivity index (χ3n) is 3.24. The van der Waals surface area contributed by atoms with Crippen molar-refractivity contribution in [1.29, 1.82) is 0 Å². The smallest absolute Gasteiger partial charge is 0.308 e. The molecule has 1 saturated heterocycles. The van der Waals surface area contributed by atoms with Crippen LogP contribution in [0.25, 0.3) is 0 Å². The highest BCUT2D eigenvalue weighted by Crippen LogP contribution is 2.12. The van der Waals surface area contributed by atoms with E-state index in [-0.39, 0.29) is 24.4 Å².